The van der Waals surface area contributed by atoms with Gasteiger partial charge in [-0.2, -0.15) is 0 Å². The lowest BCUT2D eigenvalue weighted by Crippen LogP contribution is -2.29. The number of thiocarbonyl (C=S) groups is 1. The molecule has 126 valence electrons. The first-order chi connectivity index (χ1) is 11.6. The van der Waals surface area contributed by atoms with E-state index in [1.165, 1.54) is 12.1 Å². The van der Waals surface area contributed by atoms with E-state index in [4.69, 9.17) is 17.0 Å². The highest BCUT2D eigenvalue weighted by Crippen LogP contribution is 2.15. The third-order valence-corrected chi connectivity index (χ3v) is 3.45. The molecule has 0 bridgehead atoms. The van der Waals surface area contributed by atoms with Crippen LogP contribution in [0.15, 0.2) is 54.6 Å². The number of ether oxygens (including phenoxy) is 1. The van der Waals surface area contributed by atoms with Crippen LogP contribution >= 0.6 is 12.2 Å². The van der Waals surface area contributed by atoms with E-state index in [9.17, 15) is 10.1 Å². The Morgan fingerprint density at radius 3 is 2.46 bits per heavy atom. The van der Waals surface area contributed by atoms with E-state index >= 15 is 0 Å². The van der Waals surface area contributed by atoms with Crippen LogP contribution in [-0.4, -0.2) is 23.2 Å². The molecule has 0 saturated heterocycles. The SMILES string of the molecule is O=[N+]([O-])c1ccc(NC(=S)NCCCCOc2ccccc2)cc1. The van der Waals surface area contributed by atoms with Gasteiger partial charge in [-0.3, -0.25) is 10.1 Å². The highest BCUT2D eigenvalue weighted by Gasteiger charge is 2.04. The molecule has 2 N–H and O–H groups in total. The summed E-state index contributed by atoms with van der Waals surface area (Å²) in [6, 6.07) is 15.8. The molecule has 0 atom stereocenters. The first-order valence-corrected chi connectivity index (χ1v) is 8.03. The van der Waals surface area contributed by atoms with E-state index in [-0.39, 0.29) is 5.69 Å². The highest BCUT2D eigenvalue weighted by atomic mass is 32.1. The van der Waals surface area contributed by atoms with Crippen LogP contribution in [0.1, 0.15) is 12.8 Å². The maximum atomic E-state index is 10.6. The molecule has 0 aliphatic rings. The fraction of sp³-hybridized carbons (Fsp3) is 0.235. The van der Waals surface area contributed by atoms with Crippen molar-refractivity contribution in [2.45, 2.75) is 12.8 Å². The molecule has 6 nitrogen and oxygen atoms in total. The number of hydrogen-bond acceptors (Lipinski definition) is 4. The molecule has 24 heavy (non-hydrogen) atoms. The number of non-ortho nitro benzene ring substituents is 1. The summed E-state index contributed by atoms with van der Waals surface area (Å²) in [5.74, 6) is 0.876. The molecule has 7 heteroatoms. The third-order valence-electron chi connectivity index (χ3n) is 3.20. The molecule has 0 aliphatic carbocycles. The number of benzene rings is 2. The predicted molar refractivity (Wildman–Crippen MR) is 98.5 cm³/mol. The van der Waals surface area contributed by atoms with Crippen molar-refractivity contribution in [1.82, 2.24) is 5.32 Å². The van der Waals surface area contributed by atoms with Crippen LogP contribution in [0.5, 0.6) is 5.75 Å². The Bertz CT molecular complexity index is 663. The minimum atomic E-state index is -0.433. The van der Waals surface area contributed by atoms with Crippen molar-refractivity contribution in [3.05, 3.63) is 64.7 Å². The van der Waals surface area contributed by atoms with E-state index in [0.717, 1.165) is 25.1 Å². The Morgan fingerprint density at radius 1 is 1.08 bits per heavy atom. The minimum absolute atomic E-state index is 0.0536. The quantitative estimate of drug-likeness (QED) is 0.328. The number of rotatable bonds is 8. The van der Waals surface area contributed by atoms with Gasteiger partial charge in [-0.05, 0) is 49.3 Å². The van der Waals surface area contributed by atoms with Gasteiger partial charge in [-0.1, -0.05) is 18.2 Å². The summed E-state index contributed by atoms with van der Waals surface area (Å²) < 4.78 is 5.61. The van der Waals surface area contributed by atoms with Crippen LogP contribution in [0.4, 0.5) is 11.4 Å². The van der Waals surface area contributed by atoms with Crippen LogP contribution < -0.4 is 15.4 Å². The average molecular weight is 345 g/mol. The molecular formula is C17H19N3O3S. The maximum absolute atomic E-state index is 10.6. The number of nitro groups is 1. The van der Waals surface area contributed by atoms with Gasteiger partial charge in [-0.15, -0.1) is 0 Å². The van der Waals surface area contributed by atoms with E-state index < -0.39 is 4.92 Å². The molecule has 2 rings (SSSR count). The normalized spacial score (nSPS) is 10.0. The minimum Gasteiger partial charge on any atom is -0.494 e. The van der Waals surface area contributed by atoms with Gasteiger partial charge in [0.15, 0.2) is 5.11 Å². The number of anilines is 1. The van der Waals surface area contributed by atoms with Crippen LogP contribution in [0.25, 0.3) is 0 Å². The summed E-state index contributed by atoms with van der Waals surface area (Å²) in [6.07, 6.45) is 1.84. The Morgan fingerprint density at radius 2 is 1.79 bits per heavy atom. The number of nitro benzene ring substituents is 1. The summed E-state index contributed by atoms with van der Waals surface area (Å²) in [6.45, 7) is 1.39. The summed E-state index contributed by atoms with van der Waals surface area (Å²) in [5, 5.41) is 17.2. The fourth-order valence-electron chi connectivity index (χ4n) is 1.98. The van der Waals surface area contributed by atoms with Gasteiger partial charge >= 0.3 is 0 Å². The summed E-state index contributed by atoms with van der Waals surface area (Å²) in [5.41, 5.74) is 0.767. The summed E-state index contributed by atoms with van der Waals surface area (Å²) in [7, 11) is 0. The topological polar surface area (TPSA) is 76.4 Å². The van der Waals surface area contributed by atoms with Gasteiger partial charge in [-0.25, -0.2) is 0 Å². The van der Waals surface area contributed by atoms with Crippen LogP contribution in [0.3, 0.4) is 0 Å². The lowest BCUT2D eigenvalue weighted by atomic mass is 10.3. The molecule has 2 aromatic rings. The van der Waals surface area contributed by atoms with Gasteiger partial charge < -0.3 is 15.4 Å². The van der Waals surface area contributed by atoms with Crippen molar-refractivity contribution in [3.63, 3.8) is 0 Å². The predicted octanol–water partition coefficient (Wildman–Crippen LogP) is 3.74. The van der Waals surface area contributed by atoms with E-state index in [0.29, 0.717) is 17.4 Å². The van der Waals surface area contributed by atoms with Crippen molar-refractivity contribution >= 4 is 28.7 Å². The number of nitrogens with one attached hydrogen (secondary N) is 2. The summed E-state index contributed by atoms with van der Waals surface area (Å²) >= 11 is 5.19. The Kier molecular flexibility index (Phi) is 6.97. The van der Waals surface area contributed by atoms with Gasteiger partial charge in [0.05, 0.1) is 11.5 Å². The molecule has 0 saturated carbocycles. The van der Waals surface area contributed by atoms with Crippen molar-refractivity contribution in [3.8, 4) is 5.75 Å². The highest BCUT2D eigenvalue weighted by molar-refractivity contribution is 7.80. The zero-order chi connectivity index (χ0) is 17.2. The molecule has 0 amide bonds. The molecule has 0 heterocycles. The molecule has 0 unspecified atom stereocenters. The second-order valence-electron chi connectivity index (χ2n) is 5.05. The molecule has 0 aliphatic heterocycles. The number of hydrogen-bond donors (Lipinski definition) is 2. The average Bonchev–Trinajstić information content (AvgIpc) is 2.59. The number of nitrogens with zero attached hydrogens (tertiary/aromatic N) is 1. The van der Waals surface area contributed by atoms with E-state index in [1.54, 1.807) is 12.1 Å². The van der Waals surface area contributed by atoms with Crippen LogP contribution in [0, 0.1) is 10.1 Å². The Hall–Kier alpha value is -2.67. The third kappa shape index (κ3) is 6.21. The van der Waals surface area contributed by atoms with E-state index in [2.05, 4.69) is 10.6 Å². The molecule has 0 spiro atoms. The molecule has 0 fully saturated rings. The standard InChI is InChI=1S/C17H19N3O3S/c21-20(22)15-10-8-14(9-11-15)19-17(24)18-12-4-5-13-23-16-6-2-1-3-7-16/h1-3,6-11H,4-5,12-13H2,(H2,18,19,24). The van der Waals surface area contributed by atoms with Crippen molar-refractivity contribution in [2.75, 3.05) is 18.5 Å². The first-order valence-electron chi connectivity index (χ1n) is 7.62. The van der Waals surface area contributed by atoms with E-state index in [1.807, 2.05) is 30.3 Å². The largest absolute Gasteiger partial charge is 0.494 e. The van der Waals surface area contributed by atoms with Gasteiger partial charge in [0.2, 0.25) is 0 Å². The second kappa shape index (κ2) is 9.46. The van der Waals surface area contributed by atoms with Crippen molar-refractivity contribution in [1.29, 1.82) is 0 Å². The molecule has 2 aromatic carbocycles. The van der Waals surface area contributed by atoms with Gasteiger partial charge in [0.25, 0.3) is 5.69 Å². The molecular weight excluding hydrogens is 326 g/mol. The zero-order valence-corrected chi connectivity index (χ0v) is 13.9. The Balaban J connectivity index is 1.58. The summed E-state index contributed by atoms with van der Waals surface area (Å²) in [4.78, 5) is 10.2. The van der Waals surface area contributed by atoms with Gasteiger partial charge in [0.1, 0.15) is 5.75 Å². The maximum Gasteiger partial charge on any atom is 0.269 e. The number of unbranched alkanes of at least 4 members (excludes halogenated alkanes) is 1. The van der Waals surface area contributed by atoms with Crippen LogP contribution in [0.2, 0.25) is 0 Å². The smallest absolute Gasteiger partial charge is 0.269 e. The van der Waals surface area contributed by atoms with Crippen LogP contribution in [-0.2, 0) is 0 Å². The molecule has 0 radical (unpaired) electrons. The first kappa shape index (κ1) is 17.7. The van der Waals surface area contributed by atoms with Gasteiger partial charge in [0, 0.05) is 24.4 Å². The lowest BCUT2D eigenvalue weighted by Gasteiger charge is -2.10. The zero-order valence-electron chi connectivity index (χ0n) is 13.1. The van der Waals surface area contributed by atoms with Crippen molar-refractivity contribution < 1.29 is 9.66 Å². The monoisotopic (exact) mass is 345 g/mol. The second-order valence-corrected chi connectivity index (χ2v) is 5.46. The van der Waals surface area contributed by atoms with Crippen molar-refractivity contribution in [2.24, 2.45) is 0 Å². The Labute approximate surface area is 146 Å². The lowest BCUT2D eigenvalue weighted by molar-refractivity contribution is -0.384. The number of para-hydroxylation sites is 1. The molecule has 0 aromatic heterocycles. The fourth-order valence-corrected chi connectivity index (χ4v) is 2.20.